The molecule has 0 unspecified atom stereocenters. The maximum Gasteiger partial charge on any atom is 0.266 e. The fraction of sp³-hybridized carbons (Fsp3) is 0.250. The third kappa shape index (κ3) is 3.62. The average Bonchev–Trinajstić information content (AvgIpc) is 3.12. The van der Waals surface area contributed by atoms with Crippen LogP contribution in [0.25, 0.3) is 0 Å². The van der Waals surface area contributed by atoms with Crippen molar-refractivity contribution >= 4 is 5.82 Å². The lowest BCUT2D eigenvalue weighted by molar-refractivity contribution is 0.300. The van der Waals surface area contributed by atoms with Crippen molar-refractivity contribution in [2.24, 2.45) is 7.05 Å². The van der Waals surface area contributed by atoms with Gasteiger partial charge in [0.2, 0.25) is 0 Å². The van der Waals surface area contributed by atoms with Gasteiger partial charge in [0.15, 0.2) is 0 Å². The summed E-state index contributed by atoms with van der Waals surface area (Å²) in [4.78, 5) is 18.0. The highest BCUT2D eigenvalue weighted by molar-refractivity contribution is 5.48. The Morgan fingerprint density at radius 2 is 1.85 bits per heavy atom. The van der Waals surface area contributed by atoms with Gasteiger partial charge in [0.1, 0.15) is 23.9 Å². The van der Waals surface area contributed by atoms with Crippen molar-refractivity contribution in [2.75, 3.05) is 12.0 Å². The van der Waals surface area contributed by atoms with Crippen LogP contribution in [0.15, 0.2) is 53.5 Å². The first-order valence-electron chi connectivity index (χ1n) is 8.65. The minimum atomic E-state index is -0.113. The second-order valence-corrected chi connectivity index (χ2v) is 6.42. The van der Waals surface area contributed by atoms with Crippen molar-refractivity contribution in [1.82, 2.24) is 14.8 Å². The Balaban J connectivity index is 1.44. The van der Waals surface area contributed by atoms with E-state index in [1.165, 1.54) is 15.8 Å². The van der Waals surface area contributed by atoms with Crippen LogP contribution in [0.4, 0.5) is 5.82 Å². The second kappa shape index (κ2) is 7.11. The van der Waals surface area contributed by atoms with Crippen molar-refractivity contribution in [3.8, 4) is 11.5 Å². The van der Waals surface area contributed by atoms with Crippen LogP contribution >= 0.6 is 0 Å². The molecule has 0 fully saturated rings. The molecule has 0 saturated heterocycles. The van der Waals surface area contributed by atoms with Crippen LogP contribution in [0.1, 0.15) is 16.8 Å². The van der Waals surface area contributed by atoms with Gasteiger partial charge in [-0.05, 0) is 41.5 Å². The van der Waals surface area contributed by atoms with Crippen LogP contribution in [0.5, 0.6) is 11.5 Å². The monoisotopic (exact) mass is 364 g/mol. The summed E-state index contributed by atoms with van der Waals surface area (Å²) >= 11 is 0. The Morgan fingerprint density at radius 1 is 1.04 bits per heavy atom. The molecule has 4 rings (SSSR count). The summed E-state index contributed by atoms with van der Waals surface area (Å²) in [6.07, 6.45) is 1.68. The van der Waals surface area contributed by atoms with Crippen molar-refractivity contribution in [2.45, 2.75) is 19.7 Å². The minimum absolute atomic E-state index is 0.113. The fourth-order valence-corrected chi connectivity index (χ4v) is 3.06. The van der Waals surface area contributed by atoms with Crippen LogP contribution in [0.2, 0.25) is 0 Å². The van der Waals surface area contributed by atoms with E-state index in [2.05, 4.69) is 27.1 Å². The first-order chi connectivity index (χ1) is 13.1. The number of methoxy groups -OCH3 is 1. The van der Waals surface area contributed by atoms with Crippen molar-refractivity contribution < 1.29 is 9.47 Å². The fourth-order valence-electron chi connectivity index (χ4n) is 3.06. The third-order valence-corrected chi connectivity index (χ3v) is 4.59. The van der Waals surface area contributed by atoms with Crippen LogP contribution in [-0.2, 0) is 26.7 Å². The first-order valence-corrected chi connectivity index (χ1v) is 8.65. The lowest BCUT2D eigenvalue weighted by Crippen LogP contribution is -2.23. The molecule has 0 atom stereocenters. The summed E-state index contributed by atoms with van der Waals surface area (Å²) in [5.41, 5.74) is 3.16. The van der Waals surface area contributed by atoms with E-state index in [1.807, 2.05) is 18.2 Å². The molecule has 138 valence electrons. The summed E-state index contributed by atoms with van der Waals surface area (Å²) in [5, 5.41) is 4.33. The molecule has 0 N–H and O–H groups in total. The quantitative estimate of drug-likeness (QED) is 0.692. The Hall–Kier alpha value is -3.35. The maximum atomic E-state index is 11.5. The molecule has 0 aliphatic carbocycles. The number of ether oxygens (including phenoxy) is 2. The zero-order valence-corrected chi connectivity index (χ0v) is 15.3. The van der Waals surface area contributed by atoms with E-state index in [-0.39, 0.29) is 5.56 Å². The smallest absolute Gasteiger partial charge is 0.266 e. The number of nitrogens with zero attached hydrogens (tertiary/aromatic N) is 4. The highest BCUT2D eigenvalue weighted by Gasteiger charge is 2.21. The molecule has 27 heavy (non-hydrogen) atoms. The summed E-state index contributed by atoms with van der Waals surface area (Å²) < 4.78 is 12.4. The number of hydrogen-bond acceptors (Lipinski definition) is 6. The molecular formula is C20H20N4O3. The van der Waals surface area contributed by atoms with Gasteiger partial charge in [-0.3, -0.25) is 9.78 Å². The highest BCUT2D eigenvalue weighted by atomic mass is 16.5. The molecule has 1 aliphatic heterocycles. The van der Waals surface area contributed by atoms with Gasteiger partial charge in [-0.15, -0.1) is 0 Å². The zero-order valence-electron chi connectivity index (χ0n) is 15.3. The zero-order chi connectivity index (χ0) is 18.8. The SMILES string of the molecule is COc1ccc(COc2ccc3c(c2)CN(c2ccc(=O)n(C)n2)C3)nc1. The van der Waals surface area contributed by atoms with Gasteiger partial charge in [0, 0.05) is 26.2 Å². The number of pyridine rings is 1. The summed E-state index contributed by atoms with van der Waals surface area (Å²) in [6, 6.07) is 13.2. The summed E-state index contributed by atoms with van der Waals surface area (Å²) in [5.74, 6) is 2.32. The second-order valence-electron chi connectivity index (χ2n) is 6.42. The number of aryl methyl sites for hydroxylation is 1. The summed E-state index contributed by atoms with van der Waals surface area (Å²) in [7, 11) is 3.28. The first kappa shape index (κ1) is 17.1. The number of rotatable bonds is 5. The van der Waals surface area contributed by atoms with Gasteiger partial charge in [-0.1, -0.05) is 6.07 Å². The van der Waals surface area contributed by atoms with E-state index in [9.17, 15) is 4.79 Å². The molecule has 2 aromatic heterocycles. The Kier molecular flexibility index (Phi) is 4.50. The van der Waals surface area contributed by atoms with E-state index in [1.54, 1.807) is 32.5 Å². The molecular weight excluding hydrogens is 344 g/mol. The van der Waals surface area contributed by atoms with E-state index in [0.29, 0.717) is 6.61 Å². The minimum Gasteiger partial charge on any atom is -0.495 e. The molecule has 1 aromatic carbocycles. The van der Waals surface area contributed by atoms with Crippen molar-refractivity contribution in [3.05, 3.63) is 75.8 Å². The predicted octanol–water partition coefficient (Wildman–Crippen LogP) is 2.28. The van der Waals surface area contributed by atoms with E-state index >= 15 is 0 Å². The topological polar surface area (TPSA) is 69.5 Å². The molecule has 3 aromatic rings. The standard InChI is InChI=1S/C20H20N4O3/c1-23-20(25)8-7-19(22-23)24-11-14-3-5-17(9-15(14)12-24)27-13-16-4-6-18(26-2)10-21-16/h3-10H,11-13H2,1-2H3. The molecule has 0 radical (unpaired) electrons. The molecule has 0 bridgehead atoms. The number of benzene rings is 1. The van der Waals surface area contributed by atoms with E-state index < -0.39 is 0 Å². The van der Waals surface area contributed by atoms with Crippen LogP contribution < -0.4 is 19.9 Å². The normalized spacial score (nSPS) is 12.7. The Bertz CT molecular complexity index is 1010. The molecule has 0 saturated carbocycles. The lowest BCUT2D eigenvalue weighted by Gasteiger charge is -2.16. The Labute approximate surface area is 156 Å². The molecule has 0 spiro atoms. The largest absolute Gasteiger partial charge is 0.495 e. The van der Waals surface area contributed by atoms with Gasteiger partial charge >= 0.3 is 0 Å². The summed E-state index contributed by atoms with van der Waals surface area (Å²) in [6.45, 7) is 1.90. The Morgan fingerprint density at radius 3 is 2.59 bits per heavy atom. The van der Waals surface area contributed by atoms with Crippen LogP contribution in [0.3, 0.4) is 0 Å². The van der Waals surface area contributed by atoms with Gasteiger partial charge in [0.25, 0.3) is 5.56 Å². The van der Waals surface area contributed by atoms with Gasteiger partial charge in [0.05, 0.1) is 19.0 Å². The predicted molar refractivity (Wildman–Crippen MR) is 101 cm³/mol. The van der Waals surface area contributed by atoms with E-state index in [0.717, 1.165) is 36.1 Å². The number of hydrogen-bond donors (Lipinski definition) is 0. The number of anilines is 1. The van der Waals surface area contributed by atoms with Gasteiger partial charge < -0.3 is 14.4 Å². The van der Waals surface area contributed by atoms with Crippen LogP contribution in [0, 0.1) is 0 Å². The molecule has 7 heteroatoms. The highest BCUT2D eigenvalue weighted by Crippen LogP contribution is 2.29. The van der Waals surface area contributed by atoms with Crippen molar-refractivity contribution in [3.63, 3.8) is 0 Å². The molecule has 3 heterocycles. The number of fused-ring (bicyclic) bond motifs is 1. The number of aromatic nitrogens is 3. The van der Waals surface area contributed by atoms with Gasteiger partial charge in [-0.25, -0.2) is 4.68 Å². The lowest BCUT2D eigenvalue weighted by atomic mass is 10.1. The van der Waals surface area contributed by atoms with Crippen molar-refractivity contribution in [1.29, 1.82) is 0 Å². The molecule has 1 aliphatic rings. The molecule has 7 nitrogen and oxygen atoms in total. The maximum absolute atomic E-state index is 11.5. The molecule has 0 amide bonds. The van der Waals surface area contributed by atoms with E-state index in [4.69, 9.17) is 9.47 Å². The van der Waals surface area contributed by atoms with Crippen LogP contribution in [-0.4, -0.2) is 21.9 Å². The third-order valence-electron chi connectivity index (χ3n) is 4.59. The van der Waals surface area contributed by atoms with Gasteiger partial charge in [-0.2, -0.15) is 5.10 Å². The average molecular weight is 364 g/mol.